The highest BCUT2D eigenvalue weighted by Crippen LogP contribution is 2.19. The molecule has 22 heavy (non-hydrogen) atoms. The van der Waals surface area contributed by atoms with Crippen molar-refractivity contribution in [3.63, 3.8) is 0 Å². The minimum absolute atomic E-state index is 0.0812. The summed E-state index contributed by atoms with van der Waals surface area (Å²) in [4.78, 5) is 27.4. The second-order valence-corrected chi connectivity index (χ2v) is 6.46. The molecule has 0 radical (unpaired) electrons. The van der Waals surface area contributed by atoms with E-state index in [2.05, 4.69) is 26.1 Å². The van der Waals surface area contributed by atoms with Crippen LogP contribution in [-0.2, 0) is 9.59 Å². The first-order valence-electron chi connectivity index (χ1n) is 7.26. The Morgan fingerprint density at radius 1 is 1.23 bits per heavy atom. The zero-order chi connectivity index (χ0) is 16.7. The van der Waals surface area contributed by atoms with Crippen molar-refractivity contribution in [3.8, 4) is 0 Å². The van der Waals surface area contributed by atoms with Crippen LogP contribution in [-0.4, -0.2) is 55.3 Å². The number of aryl methyl sites for hydroxylation is 1. The fraction of sp³-hybridized carbons (Fsp3) is 0.500. The summed E-state index contributed by atoms with van der Waals surface area (Å²) in [5.41, 5.74) is 1.79. The van der Waals surface area contributed by atoms with Crippen molar-refractivity contribution in [2.75, 3.05) is 39.0 Å². The van der Waals surface area contributed by atoms with Gasteiger partial charge in [-0.1, -0.05) is 15.9 Å². The number of hydrogen-bond donors (Lipinski definition) is 1. The van der Waals surface area contributed by atoms with Crippen molar-refractivity contribution >= 4 is 33.4 Å². The van der Waals surface area contributed by atoms with Crippen LogP contribution in [0.5, 0.6) is 0 Å². The van der Waals surface area contributed by atoms with Gasteiger partial charge in [-0.3, -0.25) is 9.59 Å². The zero-order valence-electron chi connectivity index (χ0n) is 13.6. The second kappa shape index (κ2) is 8.90. The summed E-state index contributed by atoms with van der Waals surface area (Å²) in [6, 6.07) is 5.62. The predicted molar refractivity (Wildman–Crippen MR) is 92.9 cm³/mol. The Hall–Kier alpha value is -1.40. The molecule has 0 saturated heterocycles. The zero-order valence-corrected chi connectivity index (χ0v) is 15.2. The lowest BCUT2D eigenvalue weighted by Crippen LogP contribution is -2.38. The molecular formula is C16H24BrN3O2. The third kappa shape index (κ3) is 6.58. The Kier molecular flexibility index (Phi) is 7.55. The highest BCUT2D eigenvalue weighted by Gasteiger charge is 2.13. The molecule has 0 unspecified atom stereocenters. The van der Waals surface area contributed by atoms with Crippen LogP contribution in [0.4, 0.5) is 5.69 Å². The number of halogens is 1. The van der Waals surface area contributed by atoms with Gasteiger partial charge in [0.25, 0.3) is 0 Å². The summed E-state index contributed by atoms with van der Waals surface area (Å²) in [6.45, 7) is 5.01. The van der Waals surface area contributed by atoms with E-state index in [0.717, 1.165) is 28.7 Å². The lowest BCUT2D eigenvalue weighted by molar-refractivity contribution is -0.132. The van der Waals surface area contributed by atoms with Gasteiger partial charge in [0.2, 0.25) is 11.8 Å². The molecule has 0 spiro atoms. The summed E-state index contributed by atoms with van der Waals surface area (Å²) in [5.74, 6) is -0.261. The van der Waals surface area contributed by atoms with Gasteiger partial charge in [0.15, 0.2) is 0 Å². The van der Waals surface area contributed by atoms with Crippen LogP contribution in [0.15, 0.2) is 22.7 Å². The SMILES string of the molecule is CC(=O)N(CCCN(C)C)CC(=O)Nc1ccc(Br)c(C)c1. The van der Waals surface area contributed by atoms with Gasteiger partial charge in [-0.05, 0) is 57.7 Å². The van der Waals surface area contributed by atoms with Crippen LogP contribution in [0.1, 0.15) is 18.9 Å². The molecule has 5 nitrogen and oxygen atoms in total. The minimum atomic E-state index is -0.179. The average Bonchev–Trinajstić information content (AvgIpc) is 2.41. The van der Waals surface area contributed by atoms with Gasteiger partial charge in [0.1, 0.15) is 0 Å². The van der Waals surface area contributed by atoms with Crippen LogP contribution in [0.3, 0.4) is 0 Å². The van der Waals surface area contributed by atoms with Crippen LogP contribution in [0.25, 0.3) is 0 Å². The maximum atomic E-state index is 12.1. The molecule has 1 aromatic carbocycles. The van der Waals surface area contributed by atoms with Crippen molar-refractivity contribution in [2.24, 2.45) is 0 Å². The first kappa shape index (κ1) is 18.6. The summed E-state index contributed by atoms with van der Waals surface area (Å²) in [7, 11) is 3.97. The van der Waals surface area contributed by atoms with Crippen molar-refractivity contribution in [1.82, 2.24) is 9.80 Å². The van der Waals surface area contributed by atoms with Crippen LogP contribution < -0.4 is 5.32 Å². The molecule has 1 aromatic rings. The van der Waals surface area contributed by atoms with E-state index in [1.807, 2.05) is 39.2 Å². The normalized spacial score (nSPS) is 10.6. The van der Waals surface area contributed by atoms with E-state index in [1.165, 1.54) is 6.92 Å². The number of nitrogens with one attached hydrogen (secondary N) is 1. The molecule has 0 aliphatic carbocycles. The van der Waals surface area contributed by atoms with Crippen molar-refractivity contribution in [1.29, 1.82) is 0 Å². The van der Waals surface area contributed by atoms with Crippen molar-refractivity contribution in [2.45, 2.75) is 20.3 Å². The van der Waals surface area contributed by atoms with Gasteiger partial charge in [-0.2, -0.15) is 0 Å². The smallest absolute Gasteiger partial charge is 0.243 e. The monoisotopic (exact) mass is 369 g/mol. The number of carbonyl (C=O) groups excluding carboxylic acids is 2. The Balaban J connectivity index is 2.55. The lowest BCUT2D eigenvalue weighted by Gasteiger charge is -2.21. The quantitative estimate of drug-likeness (QED) is 0.803. The Labute approximate surface area is 140 Å². The Morgan fingerprint density at radius 2 is 1.91 bits per heavy atom. The predicted octanol–water partition coefficient (Wildman–Crippen LogP) is 2.50. The Morgan fingerprint density at radius 3 is 2.45 bits per heavy atom. The first-order chi connectivity index (χ1) is 10.3. The van der Waals surface area contributed by atoms with E-state index in [-0.39, 0.29) is 18.4 Å². The molecule has 1 rings (SSSR count). The molecule has 0 bridgehead atoms. The van der Waals surface area contributed by atoms with E-state index < -0.39 is 0 Å². The summed E-state index contributed by atoms with van der Waals surface area (Å²) >= 11 is 3.43. The number of nitrogens with zero attached hydrogens (tertiary/aromatic N) is 2. The second-order valence-electron chi connectivity index (χ2n) is 5.61. The lowest BCUT2D eigenvalue weighted by atomic mass is 10.2. The maximum Gasteiger partial charge on any atom is 0.243 e. The fourth-order valence-electron chi connectivity index (χ4n) is 2.02. The van der Waals surface area contributed by atoms with Gasteiger partial charge in [-0.25, -0.2) is 0 Å². The van der Waals surface area contributed by atoms with Gasteiger partial charge in [0.05, 0.1) is 6.54 Å². The molecule has 0 aromatic heterocycles. The molecule has 0 aliphatic rings. The molecular weight excluding hydrogens is 346 g/mol. The molecule has 0 heterocycles. The van der Waals surface area contributed by atoms with Gasteiger partial charge in [-0.15, -0.1) is 0 Å². The highest BCUT2D eigenvalue weighted by molar-refractivity contribution is 9.10. The van der Waals surface area contributed by atoms with Crippen molar-refractivity contribution in [3.05, 3.63) is 28.2 Å². The molecule has 122 valence electrons. The average molecular weight is 370 g/mol. The van der Waals surface area contributed by atoms with Gasteiger partial charge in [0, 0.05) is 23.6 Å². The van der Waals surface area contributed by atoms with Gasteiger partial charge >= 0.3 is 0 Å². The van der Waals surface area contributed by atoms with Gasteiger partial charge < -0.3 is 15.1 Å². The summed E-state index contributed by atoms with van der Waals surface area (Å²) in [5, 5.41) is 2.83. The summed E-state index contributed by atoms with van der Waals surface area (Å²) < 4.78 is 1.000. The standard InChI is InChI=1S/C16H24BrN3O2/c1-12-10-14(6-7-15(12)17)18-16(22)11-20(13(2)21)9-5-8-19(3)4/h6-7,10H,5,8-9,11H2,1-4H3,(H,18,22). The molecule has 2 amide bonds. The maximum absolute atomic E-state index is 12.1. The first-order valence-corrected chi connectivity index (χ1v) is 8.05. The fourth-order valence-corrected chi connectivity index (χ4v) is 2.27. The van der Waals surface area contributed by atoms with Crippen LogP contribution in [0.2, 0.25) is 0 Å². The number of rotatable bonds is 7. The number of benzene rings is 1. The van der Waals surface area contributed by atoms with Crippen molar-refractivity contribution < 1.29 is 9.59 Å². The molecule has 0 saturated carbocycles. The molecule has 0 atom stereocenters. The topological polar surface area (TPSA) is 52.7 Å². The largest absolute Gasteiger partial charge is 0.334 e. The molecule has 0 fully saturated rings. The number of carbonyl (C=O) groups is 2. The molecule has 6 heteroatoms. The summed E-state index contributed by atoms with van der Waals surface area (Å²) in [6.07, 6.45) is 0.844. The van der Waals surface area contributed by atoms with E-state index in [4.69, 9.17) is 0 Å². The van der Waals surface area contributed by atoms with E-state index in [1.54, 1.807) is 4.90 Å². The van der Waals surface area contributed by atoms with E-state index in [0.29, 0.717) is 6.54 Å². The van der Waals surface area contributed by atoms with Crippen LogP contribution >= 0.6 is 15.9 Å². The molecule has 0 aliphatic heterocycles. The van der Waals surface area contributed by atoms with E-state index >= 15 is 0 Å². The Bertz CT molecular complexity index is 532. The van der Waals surface area contributed by atoms with E-state index in [9.17, 15) is 9.59 Å². The minimum Gasteiger partial charge on any atom is -0.334 e. The molecule has 1 N–H and O–H groups in total. The van der Waals surface area contributed by atoms with Crippen LogP contribution in [0, 0.1) is 6.92 Å². The number of hydrogen-bond acceptors (Lipinski definition) is 3. The number of anilines is 1. The third-order valence-corrected chi connectivity index (χ3v) is 4.14. The third-order valence-electron chi connectivity index (χ3n) is 3.25. The number of amides is 2. The highest BCUT2D eigenvalue weighted by atomic mass is 79.9.